The lowest BCUT2D eigenvalue weighted by atomic mass is 10.2. The summed E-state index contributed by atoms with van der Waals surface area (Å²) < 4.78 is 5.41. The average Bonchev–Trinajstić information content (AvgIpc) is 2.55. The van der Waals surface area contributed by atoms with Crippen molar-refractivity contribution in [3.63, 3.8) is 0 Å². The molecule has 0 aromatic rings. The summed E-state index contributed by atoms with van der Waals surface area (Å²) in [6.07, 6.45) is 3.02. The monoisotopic (exact) mass is 228 g/mol. The van der Waals surface area contributed by atoms with Gasteiger partial charge in [0, 0.05) is 19.8 Å². The third-order valence-corrected chi connectivity index (χ3v) is 2.94. The van der Waals surface area contributed by atoms with Gasteiger partial charge in [-0.3, -0.25) is 10.1 Å². The van der Waals surface area contributed by atoms with Crippen LogP contribution in [0.2, 0.25) is 0 Å². The second-order valence-corrected chi connectivity index (χ2v) is 4.30. The largest absolute Gasteiger partial charge is 0.381 e. The van der Waals surface area contributed by atoms with Crippen LogP contribution in [0, 0.1) is 0 Å². The average molecular weight is 228 g/mol. The summed E-state index contributed by atoms with van der Waals surface area (Å²) >= 11 is 0. The van der Waals surface area contributed by atoms with E-state index >= 15 is 0 Å². The molecule has 0 saturated carbocycles. The molecule has 0 radical (unpaired) electrons. The Kier molecular flexibility index (Phi) is 5.77. The minimum atomic E-state index is 0.0200. The van der Waals surface area contributed by atoms with Gasteiger partial charge < -0.3 is 9.64 Å². The molecule has 16 heavy (non-hydrogen) atoms. The van der Waals surface area contributed by atoms with E-state index < -0.39 is 0 Å². The predicted octanol–water partition coefficient (Wildman–Crippen LogP) is 1.36. The Labute approximate surface area is 98.3 Å². The van der Waals surface area contributed by atoms with Crippen LogP contribution in [-0.4, -0.2) is 42.8 Å². The minimum Gasteiger partial charge on any atom is -0.381 e. The Morgan fingerprint density at radius 2 is 2.12 bits per heavy atom. The van der Waals surface area contributed by atoms with Gasteiger partial charge >= 0.3 is 0 Å². The van der Waals surface area contributed by atoms with Crippen LogP contribution in [0.1, 0.15) is 40.0 Å². The van der Waals surface area contributed by atoms with Crippen LogP contribution in [-0.2, 0) is 9.53 Å². The number of carbonyl (C=O) groups is 1. The maximum Gasteiger partial charge on any atom is 0.240 e. The highest BCUT2D eigenvalue weighted by molar-refractivity contribution is 5.84. The van der Waals surface area contributed by atoms with Gasteiger partial charge in [-0.1, -0.05) is 13.8 Å². The van der Waals surface area contributed by atoms with E-state index in [-0.39, 0.29) is 18.1 Å². The zero-order valence-corrected chi connectivity index (χ0v) is 10.7. The first-order valence-electron chi connectivity index (χ1n) is 6.35. The molecule has 1 N–H and O–H groups in total. The highest BCUT2D eigenvalue weighted by Crippen LogP contribution is 2.12. The maximum atomic E-state index is 11.9. The number of hydrogen-bond acceptors (Lipinski definition) is 3. The van der Waals surface area contributed by atoms with Gasteiger partial charge in [-0.05, 0) is 26.2 Å². The third-order valence-electron chi connectivity index (χ3n) is 2.94. The number of nitrogens with zero attached hydrogens (tertiary/aromatic N) is 1. The van der Waals surface area contributed by atoms with Gasteiger partial charge in [0.15, 0.2) is 0 Å². The lowest BCUT2D eigenvalue weighted by Crippen LogP contribution is -2.35. The van der Waals surface area contributed by atoms with Gasteiger partial charge in [-0.25, -0.2) is 0 Å². The van der Waals surface area contributed by atoms with Gasteiger partial charge in [0.25, 0.3) is 0 Å². The third kappa shape index (κ3) is 3.46. The van der Waals surface area contributed by atoms with Crippen LogP contribution < -0.4 is 5.32 Å². The second kappa shape index (κ2) is 6.86. The Balaban J connectivity index is 2.23. The summed E-state index contributed by atoms with van der Waals surface area (Å²) in [4.78, 5) is 13.8. The molecule has 2 unspecified atom stereocenters. The molecule has 4 nitrogen and oxygen atoms in total. The summed E-state index contributed by atoms with van der Waals surface area (Å²) in [6.45, 7) is 8.55. The van der Waals surface area contributed by atoms with E-state index in [1.807, 2.05) is 18.7 Å². The minimum absolute atomic E-state index is 0.0200. The van der Waals surface area contributed by atoms with E-state index in [0.29, 0.717) is 0 Å². The van der Waals surface area contributed by atoms with E-state index in [4.69, 9.17) is 4.74 Å². The SMILES string of the molecule is CCCOCCCN1C(=O)C(CC)NC1C. The number of rotatable bonds is 7. The fourth-order valence-electron chi connectivity index (χ4n) is 2.02. The molecule has 1 heterocycles. The molecule has 0 aromatic heterocycles. The molecule has 0 aromatic carbocycles. The van der Waals surface area contributed by atoms with Crippen LogP contribution in [0.15, 0.2) is 0 Å². The summed E-state index contributed by atoms with van der Waals surface area (Å²) in [6, 6.07) is 0.0200. The van der Waals surface area contributed by atoms with E-state index in [0.717, 1.165) is 39.0 Å². The van der Waals surface area contributed by atoms with Crippen LogP contribution in [0.5, 0.6) is 0 Å². The molecule has 1 aliphatic heterocycles. The van der Waals surface area contributed by atoms with Crippen molar-refractivity contribution >= 4 is 5.91 Å². The smallest absolute Gasteiger partial charge is 0.240 e. The van der Waals surface area contributed by atoms with Crippen molar-refractivity contribution in [2.75, 3.05) is 19.8 Å². The highest BCUT2D eigenvalue weighted by atomic mass is 16.5. The lowest BCUT2D eigenvalue weighted by molar-refractivity contribution is -0.130. The van der Waals surface area contributed by atoms with Crippen molar-refractivity contribution in [1.82, 2.24) is 10.2 Å². The van der Waals surface area contributed by atoms with Crippen molar-refractivity contribution in [2.24, 2.45) is 0 Å². The molecular formula is C12H24N2O2. The zero-order chi connectivity index (χ0) is 12.0. The van der Waals surface area contributed by atoms with Crippen molar-refractivity contribution in [2.45, 2.75) is 52.2 Å². The Morgan fingerprint density at radius 1 is 1.38 bits per heavy atom. The quantitative estimate of drug-likeness (QED) is 0.669. The summed E-state index contributed by atoms with van der Waals surface area (Å²) in [5.74, 6) is 0.241. The van der Waals surface area contributed by atoms with E-state index in [2.05, 4.69) is 12.2 Å². The molecule has 4 heteroatoms. The van der Waals surface area contributed by atoms with Crippen LogP contribution in [0.3, 0.4) is 0 Å². The van der Waals surface area contributed by atoms with Gasteiger partial charge in [0.1, 0.15) is 0 Å². The molecule has 2 atom stereocenters. The number of carbonyl (C=O) groups excluding carboxylic acids is 1. The van der Waals surface area contributed by atoms with Gasteiger partial charge in [0.2, 0.25) is 5.91 Å². The van der Waals surface area contributed by atoms with Crippen molar-refractivity contribution in [1.29, 1.82) is 0 Å². The summed E-state index contributed by atoms with van der Waals surface area (Å²) in [7, 11) is 0. The molecule has 0 bridgehead atoms. The number of nitrogens with one attached hydrogen (secondary N) is 1. The van der Waals surface area contributed by atoms with Gasteiger partial charge in [-0.2, -0.15) is 0 Å². The first-order chi connectivity index (χ1) is 7.70. The van der Waals surface area contributed by atoms with Crippen LogP contribution in [0.4, 0.5) is 0 Å². The Bertz CT molecular complexity index is 221. The zero-order valence-electron chi connectivity index (χ0n) is 10.7. The van der Waals surface area contributed by atoms with E-state index in [1.165, 1.54) is 0 Å². The number of hydrogen-bond donors (Lipinski definition) is 1. The molecule has 94 valence electrons. The van der Waals surface area contributed by atoms with Crippen molar-refractivity contribution in [3.8, 4) is 0 Å². The molecule has 1 amide bonds. The van der Waals surface area contributed by atoms with Crippen molar-refractivity contribution in [3.05, 3.63) is 0 Å². The van der Waals surface area contributed by atoms with Crippen LogP contribution >= 0.6 is 0 Å². The van der Waals surface area contributed by atoms with E-state index in [1.54, 1.807) is 0 Å². The second-order valence-electron chi connectivity index (χ2n) is 4.30. The maximum absolute atomic E-state index is 11.9. The molecule has 1 saturated heterocycles. The molecule has 1 rings (SSSR count). The summed E-state index contributed by atoms with van der Waals surface area (Å²) in [5.41, 5.74) is 0. The molecule has 0 spiro atoms. The van der Waals surface area contributed by atoms with Gasteiger partial charge in [0.05, 0.1) is 12.2 Å². The topological polar surface area (TPSA) is 41.6 Å². The van der Waals surface area contributed by atoms with Crippen LogP contribution in [0.25, 0.3) is 0 Å². The van der Waals surface area contributed by atoms with Crippen molar-refractivity contribution < 1.29 is 9.53 Å². The lowest BCUT2D eigenvalue weighted by Gasteiger charge is -2.20. The fourth-order valence-corrected chi connectivity index (χ4v) is 2.02. The molecule has 1 aliphatic rings. The normalized spacial score (nSPS) is 25.4. The Hall–Kier alpha value is -0.610. The Morgan fingerprint density at radius 3 is 2.69 bits per heavy atom. The van der Waals surface area contributed by atoms with Gasteiger partial charge in [-0.15, -0.1) is 0 Å². The standard InChI is InChI=1S/C12H24N2O2/c1-4-8-16-9-6-7-14-10(3)13-11(5-2)12(14)15/h10-11,13H,4-9H2,1-3H3. The first-order valence-corrected chi connectivity index (χ1v) is 6.35. The molecule has 0 aliphatic carbocycles. The first kappa shape index (κ1) is 13.5. The predicted molar refractivity (Wildman–Crippen MR) is 64.1 cm³/mol. The number of amides is 1. The summed E-state index contributed by atoms with van der Waals surface area (Å²) in [5, 5.41) is 3.29. The molecule has 1 fully saturated rings. The van der Waals surface area contributed by atoms with E-state index in [9.17, 15) is 4.79 Å². The number of ether oxygens (including phenoxy) is 1. The molecular weight excluding hydrogens is 204 g/mol. The fraction of sp³-hybridized carbons (Fsp3) is 0.917. The highest BCUT2D eigenvalue weighted by Gasteiger charge is 2.34.